The van der Waals surface area contributed by atoms with Gasteiger partial charge < -0.3 is 20.1 Å². The Bertz CT molecular complexity index is 905. The summed E-state index contributed by atoms with van der Waals surface area (Å²) in [7, 11) is 0. The number of anilines is 2. The van der Waals surface area contributed by atoms with Gasteiger partial charge in [-0.2, -0.15) is 0 Å². The number of benzene rings is 2. The van der Waals surface area contributed by atoms with Crippen molar-refractivity contribution in [2.24, 2.45) is 0 Å². The second kappa shape index (κ2) is 10.0. The van der Waals surface area contributed by atoms with E-state index in [4.69, 9.17) is 4.74 Å². The molecule has 2 aromatic carbocycles. The highest BCUT2D eigenvalue weighted by atomic mass is 19.1. The first kappa shape index (κ1) is 20.1. The van der Waals surface area contributed by atoms with Crippen LogP contribution in [-0.4, -0.2) is 40.7 Å². The molecule has 0 saturated carbocycles. The molecule has 1 aromatic heterocycles. The van der Waals surface area contributed by atoms with Gasteiger partial charge >= 0.3 is 5.97 Å². The van der Waals surface area contributed by atoms with Crippen LogP contribution in [0.4, 0.5) is 16.0 Å². The maximum atomic E-state index is 13.1. The van der Waals surface area contributed by atoms with E-state index >= 15 is 0 Å². The summed E-state index contributed by atoms with van der Waals surface area (Å²) in [5.74, 6) is -0.0649. The van der Waals surface area contributed by atoms with E-state index < -0.39 is 5.97 Å². The van der Waals surface area contributed by atoms with Gasteiger partial charge in [0, 0.05) is 24.6 Å². The number of carboxylic acids is 1. The zero-order valence-electron chi connectivity index (χ0n) is 15.7. The number of hydrogen-bond acceptors (Lipinski definition) is 6. The van der Waals surface area contributed by atoms with Crippen molar-refractivity contribution in [1.29, 1.82) is 0 Å². The number of carbonyl (C=O) groups is 1. The molecule has 0 aliphatic heterocycles. The molecule has 3 aromatic rings. The van der Waals surface area contributed by atoms with E-state index in [1.165, 1.54) is 12.1 Å². The minimum atomic E-state index is -0.954. The zero-order valence-corrected chi connectivity index (χ0v) is 15.7. The molecule has 29 heavy (non-hydrogen) atoms. The average molecular weight is 396 g/mol. The molecule has 0 aliphatic rings. The lowest BCUT2D eigenvalue weighted by atomic mass is 10.2. The summed E-state index contributed by atoms with van der Waals surface area (Å²) >= 11 is 0. The Morgan fingerprint density at radius 3 is 2.41 bits per heavy atom. The molecule has 1 heterocycles. The lowest BCUT2D eigenvalue weighted by molar-refractivity contribution is -0.135. The molecule has 0 spiro atoms. The molecule has 0 atom stereocenters. The molecule has 3 rings (SSSR count). The Balaban J connectivity index is 1.53. The predicted octanol–water partition coefficient (Wildman–Crippen LogP) is 3.20. The van der Waals surface area contributed by atoms with Crippen molar-refractivity contribution < 1.29 is 19.0 Å². The topological polar surface area (TPSA) is 87.6 Å². The third-order valence-electron chi connectivity index (χ3n) is 4.03. The van der Waals surface area contributed by atoms with E-state index in [1.54, 1.807) is 35.5 Å². The fourth-order valence-electron chi connectivity index (χ4n) is 2.69. The number of aliphatic carboxylic acids is 1. The van der Waals surface area contributed by atoms with Crippen LogP contribution in [0.3, 0.4) is 0 Å². The second-order valence-corrected chi connectivity index (χ2v) is 6.22. The third kappa shape index (κ3) is 6.46. The van der Waals surface area contributed by atoms with E-state index in [0.29, 0.717) is 37.1 Å². The molecule has 0 bridgehead atoms. The highest BCUT2D eigenvalue weighted by Gasteiger charge is 2.12. The lowest BCUT2D eigenvalue weighted by Gasteiger charge is -2.23. The van der Waals surface area contributed by atoms with Crippen molar-refractivity contribution in [3.8, 4) is 5.75 Å². The van der Waals surface area contributed by atoms with Crippen LogP contribution < -0.4 is 15.0 Å². The van der Waals surface area contributed by atoms with E-state index in [9.17, 15) is 14.3 Å². The van der Waals surface area contributed by atoms with Crippen LogP contribution >= 0.6 is 0 Å². The van der Waals surface area contributed by atoms with Crippen molar-refractivity contribution >= 4 is 17.6 Å². The van der Waals surface area contributed by atoms with E-state index in [0.717, 1.165) is 5.56 Å². The summed E-state index contributed by atoms with van der Waals surface area (Å²) in [6, 6.07) is 14.9. The highest BCUT2D eigenvalue weighted by molar-refractivity contribution is 5.73. The molecule has 0 aliphatic carbocycles. The fraction of sp³-hybridized carbons (Fsp3) is 0.190. The molecule has 8 heteroatoms. The zero-order chi connectivity index (χ0) is 20.5. The first-order chi connectivity index (χ1) is 14.1. The largest absolute Gasteiger partial charge is 0.492 e. The maximum Gasteiger partial charge on any atom is 0.323 e. The van der Waals surface area contributed by atoms with Crippen molar-refractivity contribution in [3.05, 3.63) is 78.4 Å². The molecule has 0 unspecified atom stereocenters. The van der Waals surface area contributed by atoms with Crippen LogP contribution in [0.5, 0.6) is 5.75 Å². The van der Waals surface area contributed by atoms with Gasteiger partial charge in [0.05, 0.1) is 6.54 Å². The number of nitrogens with one attached hydrogen (secondary N) is 1. The summed E-state index contributed by atoms with van der Waals surface area (Å²) in [4.78, 5) is 21.0. The normalized spacial score (nSPS) is 10.4. The summed E-state index contributed by atoms with van der Waals surface area (Å²) < 4.78 is 18.8. The standard InChI is InChI=1S/C21H21FN4O3/c22-17-4-6-18(7-5-17)26(15-20(27)28)14-16-2-8-19(9-3-16)29-13-12-25-21-23-10-1-11-24-21/h1-11H,12-15H2,(H,27,28)(H,23,24,25). The smallest absolute Gasteiger partial charge is 0.323 e. The second-order valence-electron chi connectivity index (χ2n) is 6.22. The minimum absolute atomic E-state index is 0.183. The lowest BCUT2D eigenvalue weighted by Crippen LogP contribution is -2.29. The number of carboxylic acid groups (broad SMARTS) is 1. The van der Waals surface area contributed by atoms with Crippen molar-refractivity contribution in [1.82, 2.24) is 9.97 Å². The van der Waals surface area contributed by atoms with Gasteiger partial charge in [-0.1, -0.05) is 12.1 Å². The van der Waals surface area contributed by atoms with Crippen LogP contribution in [0.15, 0.2) is 67.0 Å². The van der Waals surface area contributed by atoms with Crippen LogP contribution in [0.25, 0.3) is 0 Å². The first-order valence-corrected chi connectivity index (χ1v) is 9.05. The SMILES string of the molecule is O=C(O)CN(Cc1ccc(OCCNc2ncccn2)cc1)c1ccc(F)cc1. The Morgan fingerprint density at radius 2 is 1.76 bits per heavy atom. The van der Waals surface area contributed by atoms with Crippen LogP contribution in [-0.2, 0) is 11.3 Å². The number of nitrogens with zero attached hydrogens (tertiary/aromatic N) is 3. The van der Waals surface area contributed by atoms with Gasteiger partial charge in [0.25, 0.3) is 0 Å². The summed E-state index contributed by atoms with van der Waals surface area (Å²) in [5, 5.41) is 12.2. The van der Waals surface area contributed by atoms with E-state index in [-0.39, 0.29) is 12.4 Å². The number of ether oxygens (including phenoxy) is 1. The minimum Gasteiger partial charge on any atom is -0.492 e. The maximum absolute atomic E-state index is 13.1. The average Bonchev–Trinajstić information content (AvgIpc) is 2.73. The molecular weight excluding hydrogens is 375 g/mol. The molecule has 150 valence electrons. The van der Waals surface area contributed by atoms with Gasteiger partial charge in [0.1, 0.15) is 24.7 Å². The van der Waals surface area contributed by atoms with Crippen LogP contribution in [0.1, 0.15) is 5.56 Å². The van der Waals surface area contributed by atoms with Crippen molar-refractivity contribution in [3.63, 3.8) is 0 Å². The predicted molar refractivity (Wildman–Crippen MR) is 108 cm³/mol. The number of halogens is 1. The quantitative estimate of drug-likeness (QED) is 0.509. The van der Waals surface area contributed by atoms with Gasteiger partial charge in [0.2, 0.25) is 5.95 Å². The monoisotopic (exact) mass is 396 g/mol. The van der Waals surface area contributed by atoms with Crippen LogP contribution in [0.2, 0.25) is 0 Å². The Hall–Kier alpha value is -3.68. The van der Waals surface area contributed by atoms with Gasteiger partial charge in [-0.3, -0.25) is 4.79 Å². The van der Waals surface area contributed by atoms with Crippen molar-refractivity contribution in [2.75, 3.05) is 29.9 Å². The van der Waals surface area contributed by atoms with Gasteiger partial charge in [-0.05, 0) is 48.0 Å². The van der Waals surface area contributed by atoms with Gasteiger partial charge in [-0.15, -0.1) is 0 Å². The molecule has 0 amide bonds. The molecule has 7 nitrogen and oxygen atoms in total. The highest BCUT2D eigenvalue weighted by Crippen LogP contribution is 2.19. The molecule has 0 fully saturated rings. The number of rotatable bonds is 10. The Kier molecular flexibility index (Phi) is 6.94. The van der Waals surface area contributed by atoms with E-state index in [2.05, 4.69) is 15.3 Å². The Labute approximate surface area is 167 Å². The van der Waals surface area contributed by atoms with Gasteiger partial charge in [0.15, 0.2) is 0 Å². The number of hydrogen-bond donors (Lipinski definition) is 2. The number of aromatic nitrogens is 2. The molecular formula is C21H21FN4O3. The van der Waals surface area contributed by atoms with Gasteiger partial charge in [-0.25, -0.2) is 14.4 Å². The molecule has 2 N–H and O–H groups in total. The summed E-state index contributed by atoms with van der Waals surface area (Å²) in [6.07, 6.45) is 3.32. The molecule has 0 radical (unpaired) electrons. The molecule has 0 saturated heterocycles. The van der Waals surface area contributed by atoms with Crippen molar-refractivity contribution in [2.45, 2.75) is 6.54 Å². The van der Waals surface area contributed by atoms with Crippen LogP contribution in [0, 0.1) is 5.82 Å². The third-order valence-corrected chi connectivity index (χ3v) is 4.03. The Morgan fingerprint density at radius 1 is 1.07 bits per heavy atom. The summed E-state index contributed by atoms with van der Waals surface area (Å²) in [5.41, 5.74) is 1.56. The summed E-state index contributed by atoms with van der Waals surface area (Å²) in [6.45, 7) is 1.20. The fourth-order valence-corrected chi connectivity index (χ4v) is 2.69. The van der Waals surface area contributed by atoms with E-state index in [1.807, 2.05) is 24.3 Å². The first-order valence-electron chi connectivity index (χ1n) is 9.05.